The maximum Gasteiger partial charge on any atom is 0.00313 e. The van der Waals surface area contributed by atoms with Gasteiger partial charge in [0, 0.05) is 5.33 Å². The highest BCUT2D eigenvalue weighted by Crippen LogP contribution is 2.11. The third kappa shape index (κ3) is 22.0. The van der Waals surface area contributed by atoms with Gasteiger partial charge in [-0.2, -0.15) is 0 Å². The van der Waals surface area contributed by atoms with Gasteiger partial charge in [0.2, 0.25) is 0 Å². The maximum absolute atomic E-state index is 3.49. The lowest BCUT2D eigenvalue weighted by Crippen LogP contribution is -1.81. The molecule has 142 valence electrons. The average Bonchev–Trinajstić information content (AvgIpc) is 2.56. The highest BCUT2D eigenvalue weighted by atomic mass is 79.9. The van der Waals surface area contributed by atoms with Crippen LogP contribution in [0.15, 0.2) is 24.3 Å². The normalized spacial score (nSPS) is 12.2. The molecule has 0 radical (unpaired) electrons. The van der Waals surface area contributed by atoms with E-state index in [0.717, 1.165) is 0 Å². The second-order valence-electron chi connectivity index (χ2n) is 7.44. The van der Waals surface area contributed by atoms with Crippen molar-refractivity contribution in [3.8, 4) is 0 Å². The van der Waals surface area contributed by atoms with Crippen LogP contribution in [-0.4, -0.2) is 5.33 Å². The summed E-state index contributed by atoms with van der Waals surface area (Å²) in [4.78, 5) is 0. The van der Waals surface area contributed by atoms with E-state index in [1.54, 1.807) is 0 Å². The first-order chi connectivity index (χ1) is 11.8. The number of hydrogen-bond acceptors (Lipinski definition) is 0. The Balaban J connectivity index is 3.11. The van der Waals surface area contributed by atoms with Gasteiger partial charge < -0.3 is 0 Å². The molecule has 0 aromatic carbocycles. The quantitative estimate of drug-likeness (QED) is 0.122. The molecular weight excluding hydrogens is 356 g/mol. The maximum atomic E-state index is 3.49. The summed E-state index contributed by atoms with van der Waals surface area (Å²) in [6.07, 6.45) is 30.2. The van der Waals surface area contributed by atoms with Gasteiger partial charge in [0.05, 0.1) is 0 Å². The molecule has 0 unspecified atom stereocenters. The molecule has 0 aliphatic rings. The fourth-order valence-corrected chi connectivity index (χ4v) is 3.30. The molecule has 1 heteroatoms. The first-order valence-electron chi connectivity index (χ1n) is 10.6. The van der Waals surface area contributed by atoms with Crippen LogP contribution in [0.5, 0.6) is 0 Å². The molecule has 0 bridgehead atoms. The standard InChI is InChI=1S/C23H43Br/c1-23(2)21-19-17-15-13-11-9-7-5-3-4-6-8-10-12-14-16-18-20-22-24/h3-4,19,21,23H,5-18,20,22H2,1-2H3/b4-3+,21-19+. The lowest BCUT2D eigenvalue weighted by atomic mass is 10.1. The monoisotopic (exact) mass is 398 g/mol. The Labute approximate surface area is 161 Å². The molecule has 0 heterocycles. The van der Waals surface area contributed by atoms with E-state index in [2.05, 4.69) is 54.1 Å². The lowest BCUT2D eigenvalue weighted by Gasteiger charge is -2.00. The highest BCUT2D eigenvalue weighted by molar-refractivity contribution is 9.09. The Bertz CT molecular complexity index is 278. The zero-order valence-electron chi connectivity index (χ0n) is 16.6. The smallest absolute Gasteiger partial charge is 0.00313 e. The highest BCUT2D eigenvalue weighted by Gasteiger charge is 1.91. The van der Waals surface area contributed by atoms with Crippen LogP contribution in [-0.2, 0) is 0 Å². The first kappa shape index (κ1) is 24.0. The SMILES string of the molecule is CC(C)/C=C/CCCCCCC/C=C/CCCCCCCCCBr. The minimum absolute atomic E-state index is 0.709. The number of unbranched alkanes of at least 4 members (excludes halogenated alkanes) is 13. The predicted molar refractivity (Wildman–Crippen MR) is 116 cm³/mol. The molecule has 0 aromatic heterocycles. The van der Waals surface area contributed by atoms with Gasteiger partial charge in [0.15, 0.2) is 0 Å². The fraction of sp³-hybridized carbons (Fsp3) is 0.826. The summed E-state index contributed by atoms with van der Waals surface area (Å²) in [6, 6.07) is 0. The van der Waals surface area contributed by atoms with Crippen LogP contribution in [0.2, 0.25) is 0 Å². The van der Waals surface area contributed by atoms with E-state index in [4.69, 9.17) is 0 Å². The second kappa shape index (κ2) is 21.0. The molecule has 0 saturated heterocycles. The largest absolute Gasteiger partial charge is 0.0928 e. The van der Waals surface area contributed by atoms with Gasteiger partial charge in [-0.3, -0.25) is 0 Å². The number of allylic oxidation sites excluding steroid dienone is 4. The summed E-state index contributed by atoms with van der Waals surface area (Å²) < 4.78 is 0. The van der Waals surface area contributed by atoms with Crippen LogP contribution >= 0.6 is 15.9 Å². The number of rotatable bonds is 18. The zero-order chi connectivity index (χ0) is 17.7. The van der Waals surface area contributed by atoms with Crippen molar-refractivity contribution in [1.29, 1.82) is 0 Å². The molecule has 0 aromatic rings. The number of hydrogen-bond donors (Lipinski definition) is 0. The molecule has 0 aliphatic carbocycles. The summed E-state index contributed by atoms with van der Waals surface area (Å²) in [5.41, 5.74) is 0. The van der Waals surface area contributed by atoms with Crippen molar-refractivity contribution in [2.75, 3.05) is 5.33 Å². The molecule has 24 heavy (non-hydrogen) atoms. The van der Waals surface area contributed by atoms with Gasteiger partial charge in [0.25, 0.3) is 0 Å². The van der Waals surface area contributed by atoms with Gasteiger partial charge >= 0.3 is 0 Å². The average molecular weight is 400 g/mol. The van der Waals surface area contributed by atoms with E-state index >= 15 is 0 Å². The molecular formula is C23H43Br. The van der Waals surface area contributed by atoms with Crippen molar-refractivity contribution in [2.45, 2.75) is 110 Å². The Morgan fingerprint density at radius 2 is 0.917 bits per heavy atom. The van der Waals surface area contributed by atoms with Crippen molar-refractivity contribution in [1.82, 2.24) is 0 Å². The zero-order valence-corrected chi connectivity index (χ0v) is 18.2. The summed E-state index contributed by atoms with van der Waals surface area (Å²) in [7, 11) is 0. The van der Waals surface area contributed by atoms with Crippen LogP contribution in [0.25, 0.3) is 0 Å². The van der Waals surface area contributed by atoms with Crippen molar-refractivity contribution in [2.24, 2.45) is 5.92 Å². The molecule has 0 N–H and O–H groups in total. The molecule has 0 fully saturated rings. The Hall–Kier alpha value is -0.0400. The van der Waals surface area contributed by atoms with Crippen LogP contribution in [0, 0.1) is 5.92 Å². The van der Waals surface area contributed by atoms with Crippen LogP contribution in [0.4, 0.5) is 0 Å². The van der Waals surface area contributed by atoms with Gasteiger partial charge in [-0.15, -0.1) is 0 Å². The van der Waals surface area contributed by atoms with E-state index in [9.17, 15) is 0 Å². The molecule has 0 nitrogen and oxygen atoms in total. The minimum atomic E-state index is 0.709. The molecule has 0 spiro atoms. The van der Waals surface area contributed by atoms with E-state index in [-0.39, 0.29) is 0 Å². The Morgan fingerprint density at radius 3 is 1.33 bits per heavy atom. The lowest BCUT2D eigenvalue weighted by molar-refractivity contribution is 0.593. The van der Waals surface area contributed by atoms with Gasteiger partial charge in [0.1, 0.15) is 0 Å². The molecule has 0 aliphatic heterocycles. The van der Waals surface area contributed by atoms with E-state index in [1.807, 2.05) is 0 Å². The summed E-state index contributed by atoms with van der Waals surface area (Å²) in [5, 5.41) is 1.17. The van der Waals surface area contributed by atoms with Crippen molar-refractivity contribution in [3.05, 3.63) is 24.3 Å². The van der Waals surface area contributed by atoms with Crippen LogP contribution < -0.4 is 0 Å². The molecule has 0 rings (SSSR count). The fourth-order valence-electron chi connectivity index (χ4n) is 2.90. The van der Waals surface area contributed by atoms with Gasteiger partial charge in [-0.05, 0) is 50.9 Å². The molecule has 0 saturated carbocycles. The Morgan fingerprint density at radius 1 is 0.542 bits per heavy atom. The van der Waals surface area contributed by atoms with Crippen molar-refractivity contribution in [3.63, 3.8) is 0 Å². The van der Waals surface area contributed by atoms with E-state index in [0.29, 0.717) is 5.92 Å². The third-order valence-electron chi connectivity index (χ3n) is 4.43. The summed E-state index contributed by atoms with van der Waals surface area (Å²) in [6.45, 7) is 4.49. The van der Waals surface area contributed by atoms with E-state index in [1.165, 1.54) is 102 Å². The molecule has 0 amide bonds. The van der Waals surface area contributed by atoms with Crippen molar-refractivity contribution >= 4 is 15.9 Å². The van der Waals surface area contributed by atoms with Gasteiger partial charge in [-0.1, -0.05) is 105 Å². The minimum Gasteiger partial charge on any atom is -0.0928 e. The van der Waals surface area contributed by atoms with Crippen LogP contribution in [0.1, 0.15) is 110 Å². The predicted octanol–water partition coefficient (Wildman–Crippen LogP) is 9.00. The third-order valence-corrected chi connectivity index (χ3v) is 4.99. The van der Waals surface area contributed by atoms with E-state index < -0.39 is 0 Å². The summed E-state index contributed by atoms with van der Waals surface area (Å²) in [5.74, 6) is 0.709. The van der Waals surface area contributed by atoms with Crippen molar-refractivity contribution < 1.29 is 0 Å². The Kier molecular flexibility index (Phi) is 21.0. The van der Waals surface area contributed by atoms with Gasteiger partial charge in [-0.25, -0.2) is 0 Å². The molecule has 0 atom stereocenters. The number of halogens is 1. The van der Waals surface area contributed by atoms with Crippen LogP contribution in [0.3, 0.4) is 0 Å². The second-order valence-corrected chi connectivity index (χ2v) is 8.23. The topological polar surface area (TPSA) is 0 Å². The summed E-state index contributed by atoms with van der Waals surface area (Å²) >= 11 is 3.49. The number of alkyl halides is 1. The first-order valence-corrected chi connectivity index (χ1v) is 11.8.